The Labute approximate surface area is 95.2 Å². The van der Waals surface area contributed by atoms with Gasteiger partial charge in [-0.05, 0) is 6.92 Å². The second-order valence-corrected chi connectivity index (χ2v) is 3.39. The van der Waals surface area contributed by atoms with Crippen molar-refractivity contribution in [2.75, 3.05) is 6.61 Å². The number of H-pyrrole nitrogens is 1. The van der Waals surface area contributed by atoms with Crippen LogP contribution < -0.4 is 0 Å². The number of aromatic nitrogens is 4. The molecule has 2 N–H and O–H groups in total. The number of nitrogens with one attached hydrogen (secondary N) is 1. The molecule has 0 atom stereocenters. The number of hydrogen-bond donors (Lipinski definition) is 2. The van der Waals surface area contributed by atoms with E-state index in [1.54, 1.807) is 12.5 Å². The van der Waals surface area contributed by atoms with Gasteiger partial charge in [0, 0.05) is 37.3 Å². The van der Waals surface area contributed by atoms with Gasteiger partial charge in [-0.2, -0.15) is 0 Å². The van der Waals surface area contributed by atoms with E-state index in [0.717, 1.165) is 17.9 Å². The quantitative estimate of drug-likeness (QED) is 0.818. The average molecular weight is 222 g/mol. The lowest BCUT2D eigenvalue weighted by atomic mass is 10.5. The number of aromatic amines is 1. The van der Waals surface area contributed by atoms with E-state index in [-0.39, 0.29) is 6.61 Å². The van der Waals surface area contributed by atoms with E-state index in [0.29, 0.717) is 6.54 Å². The molecule has 0 saturated carbocycles. The first kappa shape index (κ1) is 12.4. The van der Waals surface area contributed by atoms with Gasteiger partial charge < -0.3 is 14.7 Å². The highest BCUT2D eigenvalue weighted by molar-refractivity contribution is 4.97. The number of nitrogens with zero attached hydrogens (tertiary/aromatic N) is 3. The highest BCUT2D eigenvalue weighted by Crippen LogP contribution is 1.93. The van der Waals surface area contributed by atoms with Crippen LogP contribution in [0.5, 0.6) is 0 Å². The zero-order chi connectivity index (χ0) is 11.8. The molecule has 0 amide bonds. The monoisotopic (exact) mass is 222 g/mol. The first-order valence-corrected chi connectivity index (χ1v) is 5.33. The highest BCUT2D eigenvalue weighted by Gasteiger charge is 1.89. The van der Waals surface area contributed by atoms with Crippen LogP contribution in [-0.2, 0) is 13.0 Å². The lowest BCUT2D eigenvalue weighted by molar-refractivity contribution is 0.276. The normalized spacial score (nSPS) is 9.69. The largest absolute Gasteiger partial charge is 0.395 e. The molecule has 0 bridgehead atoms. The Kier molecular flexibility index (Phi) is 5.28. The van der Waals surface area contributed by atoms with Crippen LogP contribution in [0.1, 0.15) is 18.4 Å². The van der Waals surface area contributed by atoms with Crippen LogP contribution in [-0.4, -0.2) is 31.2 Å². The van der Waals surface area contributed by atoms with Crippen molar-refractivity contribution in [2.45, 2.75) is 26.8 Å². The topological polar surface area (TPSA) is 66.7 Å². The molecule has 0 aliphatic heterocycles. The third-order valence-corrected chi connectivity index (χ3v) is 2.01. The Morgan fingerprint density at radius 3 is 2.69 bits per heavy atom. The number of aliphatic hydroxyl groups is 1. The Bertz CT molecular complexity index is 380. The minimum absolute atomic E-state index is 0.177. The van der Waals surface area contributed by atoms with E-state index in [1.807, 2.05) is 23.9 Å². The van der Waals surface area contributed by atoms with Crippen molar-refractivity contribution in [1.82, 2.24) is 19.5 Å². The number of aryl methyl sites for hydroxylation is 2. The molecule has 0 radical (unpaired) electrons. The van der Waals surface area contributed by atoms with E-state index in [1.165, 1.54) is 0 Å². The van der Waals surface area contributed by atoms with Crippen molar-refractivity contribution < 1.29 is 5.11 Å². The van der Waals surface area contributed by atoms with Crippen LogP contribution in [0.2, 0.25) is 0 Å². The molecule has 0 aliphatic rings. The van der Waals surface area contributed by atoms with Crippen molar-refractivity contribution in [3.05, 3.63) is 36.4 Å². The van der Waals surface area contributed by atoms with E-state index in [2.05, 4.69) is 21.9 Å². The standard InChI is InChI=1S/C6H10N2.C5H8N2O/c1-3-6-7-4-5(2)8-6;8-4-3-7-2-1-6-5-7/h4H,3H2,1-2H3,(H,7,8);1-2,5,8H,3-4H2. The summed E-state index contributed by atoms with van der Waals surface area (Å²) in [4.78, 5) is 11.0. The predicted molar refractivity (Wildman–Crippen MR) is 62.0 cm³/mol. The molecule has 2 aromatic heterocycles. The minimum atomic E-state index is 0.177. The minimum Gasteiger partial charge on any atom is -0.395 e. The smallest absolute Gasteiger partial charge is 0.105 e. The molecule has 2 aromatic rings. The molecule has 0 unspecified atom stereocenters. The van der Waals surface area contributed by atoms with Gasteiger partial charge in [0.2, 0.25) is 0 Å². The van der Waals surface area contributed by atoms with Gasteiger partial charge in [0.25, 0.3) is 0 Å². The summed E-state index contributed by atoms with van der Waals surface area (Å²) < 4.78 is 1.82. The van der Waals surface area contributed by atoms with Gasteiger partial charge in [0.1, 0.15) is 5.82 Å². The number of hydrogen-bond acceptors (Lipinski definition) is 3. The van der Waals surface area contributed by atoms with Gasteiger partial charge in [0.05, 0.1) is 12.9 Å². The predicted octanol–water partition coefficient (Wildman–Crippen LogP) is 1.16. The molecule has 5 nitrogen and oxygen atoms in total. The molecule has 2 heterocycles. The van der Waals surface area contributed by atoms with E-state index in [4.69, 9.17) is 5.11 Å². The summed E-state index contributed by atoms with van der Waals surface area (Å²) in [5.41, 5.74) is 1.14. The molecular weight excluding hydrogens is 204 g/mol. The maximum atomic E-state index is 8.39. The SMILES string of the molecule is CCc1ncc(C)[nH]1.OCCn1ccnc1. The first-order valence-electron chi connectivity index (χ1n) is 5.33. The van der Waals surface area contributed by atoms with Crippen molar-refractivity contribution in [1.29, 1.82) is 0 Å². The Hall–Kier alpha value is -1.62. The van der Waals surface area contributed by atoms with Gasteiger partial charge in [-0.1, -0.05) is 6.92 Å². The molecule has 0 fully saturated rings. The van der Waals surface area contributed by atoms with Crippen molar-refractivity contribution in [3.8, 4) is 0 Å². The Morgan fingerprint density at radius 1 is 1.50 bits per heavy atom. The van der Waals surface area contributed by atoms with Gasteiger partial charge in [-0.25, -0.2) is 9.97 Å². The second-order valence-electron chi connectivity index (χ2n) is 3.39. The summed E-state index contributed by atoms with van der Waals surface area (Å²) in [6.07, 6.45) is 8.02. The number of rotatable bonds is 3. The van der Waals surface area contributed by atoms with Gasteiger partial charge in [-0.15, -0.1) is 0 Å². The maximum Gasteiger partial charge on any atom is 0.105 e. The average Bonchev–Trinajstić information content (AvgIpc) is 2.91. The summed E-state index contributed by atoms with van der Waals surface area (Å²) in [6.45, 7) is 4.90. The molecule has 5 heteroatoms. The highest BCUT2D eigenvalue weighted by atomic mass is 16.3. The summed E-state index contributed by atoms with van der Waals surface area (Å²) >= 11 is 0. The third kappa shape index (κ3) is 4.27. The van der Waals surface area contributed by atoms with Crippen LogP contribution in [0.25, 0.3) is 0 Å². The molecule has 16 heavy (non-hydrogen) atoms. The van der Waals surface area contributed by atoms with Crippen LogP contribution >= 0.6 is 0 Å². The Balaban J connectivity index is 0.000000160. The lowest BCUT2D eigenvalue weighted by Gasteiger charge is -1.92. The molecule has 2 rings (SSSR count). The van der Waals surface area contributed by atoms with Crippen LogP contribution in [0.15, 0.2) is 24.9 Å². The molecule has 0 spiro atoms. The van der Waals surface area contributed by atoms with Gasteiger partial charge in [0.15, 0.2) is 0 Å². The van der Waals surface area contributed by atoms with Crippen molar-refractivity contribution in [2.24, 2.45) is 0 Å². The fourth-order valence-corrected chi connectivity index (χ4v) is 1.18. The van der Waals surface area contributed by atoms with E-state index >= 15 is 0 Å². The van der Waals surface area contributed by atoms with Crippen molar-refractivity contribution in [3.63, 3.8) is 0 Å². The Morgan fingerprint density at radius 2 is 2.31 bits per heavy atom. The molecular formula is C11H18N4O. The molecule has 0 aliphatic carbocycles. The summed E-state index contributed by atoms with van der Waals surface area (Å²) in [7, 11) is 0. The summed E-state index contributed by atoms with van der Waals surface area (Å²) in [6, 6.07) is 0. The number of aliphatic hydroxyl groups excluding tert-OH is 1. The van der Waals surface area contributed by atoms with Crippen LogP contribution in [0.4, 0.5) is 0 Å². The second kappa shape index (κ2) is 6.79. The van der Waals surface area contributed by atoms with Crippen LogP contribution in [0.3, 0.4) is 0 Å². The van der Waals surface area contributed by atoms with E-state index < -0.39 is 0 Å². The van der Waals surface area contributed by atoms with Crippen LogP contribution in [0, 0.1) is 6.92 Å². The fraction of sp³-hybridized carbons (Fsp3) is 0.455. The number of imidazole rings is 2. The summed E-state index contributed by atoms with van der Waals surface area (Å²) in [5.74, 6) is 1.07. The first-order chi connectivity index (χ1) is 7.76. The van der Waals surface area contributed by atoms with Gasteiger partial charge in [-0.3, -0.25) is 0 Å². The molecule has 88 valence electrons. The zero-order valence-electron chi connectivity index (χ0n) is 9.72. The molecule has 0 saturated heterocycles. The zero-order valence-corrected chi connectivity index (χ0v) is 9.72. The lowest BCUT2D eigenvalue weighted by Crippen LogP contribution is -1.97. The molecule has 0 aromatic carbocycles. The van der Waals surface area contributed by atoms with E-state index in [9.17, 15) is 0 Å². The van der Waals surface area contributed by atoms with Gasteiger partial charge >= 0.3 is 0 Å². The third-order valence-electron chi connectivity index (χ3n) is 2.01. The van der Waals surface area contributed by atoms with Crippen molar-refractivity contribution >= 4 is 0 Å². The maximum absolute atomic E-state index is 8.39. The summed E-state index contributed by atoms with van der Waals surface area (Å²) in [5, 5.41) is 8.39. The fourth-order valence-electron chi connectivity index (χ4n) is 1.18.